The average Bonchev–Trinajstić information content (AvgIpc) is 1.82. The van der Waals surface area contributed by atoms with E-state index in [4.69, 9.17) is 5.11 Å². The summed E-state index contributed by atoms with van der Waals surface area (Å²) in [5.74, 6) is 1.26. The first kappa shape index (κ1) is 13.3. The molecule has 1 nitrogen and oxygen atoms in total. The van der Waals surface area contributed by atoms with E-state index in [0.29, 0.717) is 12.5 Å². The molecule has 1 unspecified atom stereocenters. The van der Waals surface area contributed by atoms with E-state index in [1.165, 1.54) is 0 Å². The molecule has 0 saturated carbocycles. The maximum Gasteiger partial charge on any atom is 2.00 e. The van der Waals surface area contributed by atoms with E-state index in [1.807, 2.05) is 0 Å². The van der Waals surface area contributed by atoms with E-state index in [1.54, 1.807) is 0 Å². The van der Waals surface area contributed by atoms with Gasteiger partial charge in [-0.3, -0.25) is 0 Å². The van der Waals surface area contributed by atoms with Crippen LogP contribution in [0.5, 0.6) is 0 Å². The van der Waals surface area contributed by atoms with Gasteiger partial charge >= 0.3 is 23.1 Å². The minimum Gasteiger partial charge on any atom is -1.00 e. The van der Waals surface area contributed by atoms with E-state index in [-0.39, 0.29) is 25.9 Å². The topological polar surface area (TPSA) is 20.2 Å². The van der Waals surface area contributed by atoms with E-state index < -0.39 is 0 Å². The van der Waals surface area contributed by atoms with Crippen molar-refractivity contribution in [1.82, 2.24) is 0 Å². The Morgan fingerprint density at radius 3 is 2.00 bits per heavy atom. The molecule has 0 amide bonds. The van der Waals surface area contributed by atoms with Crippen LogP contribution in [-0.4, -0.2) is 34.8 Å². The third-order valence-electron chi connectivity index (χ3n) is 1.64. The Labute approximate surface area is 83.3 Å². The molecule has 1 N–H and O–H groups in total. The molecule has 1 atom stereocenters. The predicted molar refractivity (Wildman–Crippen MR) is 48.3 cm³/mol. The van der Waals surface area contributed by atoms with Crippen molar-refractivity contribution < 1.29 is 7.96 Å². The fourth-order valence-electron chi connectivity index (χ4n) is 1.04. The molecule has 0 spiro atoms. The second-order valence-corrected chi connectivity index (χ2v) is 3.09. The van der Waals surface area contributed by atoms with Gasteiger partial charge in [0.2, 0.25) is 0 Å². The first-order valence-electron chi connectivity index (χ1n) is 3.81. The molecule has 0 fully saturated rings. The molecule has 2 heteroatoms. The second kappa shape index (κ2) is 7.83. The van der Waals surface area contributed by atoms with Crippen LogP contribution in [0.15, 0.2) is 0 Å². The van der Waals surface area contributed by atoms with Crippen LogP contribution >= 0.6 is 0 Å². The minimum absolute atomic E-state index is 0. The third kappa shape index (κ3) is 6.84. The summed E-state index contributed by atoms with van der Waals surface area (Å²) in [6, 6.07) is 0. The van der Waals surface area contributed by atoms with Crippen LogP contribution in [0.1, 0.15) is 36.5 Å². The maximum atomic E-state index is 8.77. The molecule has 0 aromatic rings. The van der Waals surface area contributed by atoms with E-state index in [9.17, 15) is 0 Å². The zero-order valence-corrected chi connectivity index (χ0v) is 8.84. The molecule has 0 aliphatic heterocycles. The Morgan fingerprint density at radius 2 is 1.90 bits per heavy atom. The van der Waals surface area contributed by atoms with Crippen LogP contribution in [0.4, 0.5) is 0 Å². The number of aliphatic hydroxyl groups is 1. The van der Waals surface area contributed by atoms with Gasteiger partial charge in [-0.15, -0.1) is 0 Å². The van der Waals surface area contributed by atoms with Gasteiger partial charge in [0.25, 0.3) is 0 Å². The average molecular weight is 157 g/mol. The van der Waals surface area contributed by atoms with Gasteiger partial charge < -0.3 is 7.96 Å². The molecule has 0 bridgehead atoms. The van der Waals surface area contributed by atoms with Crippen molar-refractivity contribution in [2.24, 2.45) is 11.8 Å². The predicted octanol–water partition coefficient (Wildman–Crippen LogP) is 1.90. The number of hydrogen-bond donors (Lipinski definition) is 1. The van der Waals surface area contributed by atoms with E-state index in [0.717, 1.165) is 18.8 Å². The van der Waals surface area contributed by atoms with Crippen molar-refractivity contribution in [2.45, 2.75) is 33.6 Å². The van der Waals surface area contributed by atoms with Gasteiger partial charge in [0.1, 0.15) is 0 Å². The van der Waals surface area contributed by atoms with Crippen LogP contribution in [0, 0.1) is 11.8 Å². The molecular weight excluding hydrogens is 136 g/mol. The van der Waals surface area contributed by atoms with Crippen molar-refractivity contribution in [2.75, 3.05) is 6.61 Å². The van der Waals surface area contributed by atoms with Crippen molar-refractivity contribution in [3.8, 4) is 0 Å². The molecule has 0 aromatic heterocycles. The van der Waals surface area contributed by atoms with Crippen LogP contribution < -0.4 is 0 Å². The fourth-order valence-corrected chi connectivity index (χ4v) is 1.04. The van der Waals surface area contributed by atoms with Crippen molar-refractivity contribution >= 4 is 23.1 Å². The van der Waals surface area contributed by atoms with E-state index in [2.05, 4.69) is 20.8 Å². The Hall–Kier alpha value is 0.726. The van der Waals surface area contributed by atoms with Gasteiger partial charge in [-0.1, -0.05) is 27.2 Å². The second-order valence-electron chi connectivity index (χ2n) is 3.09. The summed E-state index contributed by atoms with van der Waals surface area (Å²) in [5.41, 5.74) is 0. The normalized spacial score (nSPS) is 12.9. The summed E-state index contributed by atoms with van der Waals surface area (Å²) in [4.78, 5) is 0. The monoisotopic (exact) mass is 156 g/mol. The number of aliphatic hydroxyl groups excluding tert-OH is 1. The summed E-state index contributed by atoms with van der Waals surface area (Å²) in [7, 11) is 0. The van der Waals surface area contributed by atoms with Crippen molar-refractivity contribution in [3.63, 3.8) is 0 Å². The Morgan fingerprint density at radius 1 is 1.40 bits per heavy atom. The summed E-state index contributed by atoms with van der Waals surface area (Å²) >= 11 is 0. The van der Waals surface area contributed by atoms with Crippen LogP contribution in [0.2, 0.25) is 0 Å². The van der Waals surface area contributed by atoms with Crippen LogP contribution in [0.3, 0.4) is 0 Å². The zero-order chi connectivity index (χ0) is 7.28. The van der Waals surface area contributed by atoms with Gasteiger partial charge in [-0.25, -0.2) is 0 Å². The van der Waals surface area contributed by atoms with Gasteiger partial charge in [0, 0.05) is 6.61 Å². The molecule has 10 heavy (non-hydrogen) atoms. The molecule has 0 aromatic carbocycles. The Bertz CT molecular complexity index is 68.1. The molecule has 0 radical (unpaired) electrons. The summed E-state index contributed by atoms with van der Waals surface area (Å²) in [6.45, 7) is 6.87. The smallest absolute Gasteiger partial charge is 1.00 e. The maximum absolute atomic E-state index is 8.77. The largest absolute Gasteiger partial charge is 2.00 e. The van der Waals surface area contributed by atoms with Gasteiger partial charge in [-0.2, -0.15) is 0 Å². The quantitative estimate of drug-likeness (QED) is 0.617. The van der Waals surface area contributed by atoms with Gasteiger partial charge in [0.15, 0.2) is 0 Å². The molecular formula is C8H20MgO. The van der Waals surface area contributed by atoms with Crippen molar-refractivity contribution in [3.05, 3.63) is 0 Å². The molecule has 0 aliphatic carbocycles. The van der Waals surface area contributed by atoms with E-state index >= 15 is 0 Å². The molecule has 60 valence electrons. The Balaban J connectivity index is -0.000000107. The molecule has 0 saturated heterocycles. The third-order valence-corrected chi connectivity index (χ3v) is 1.64. The standard InChI is InChI=1S/C8H18O.Mg.2H/c1-4-8(6-9)5-7(2)3;;;/h7-9H,4-6H2,1-3H3;;;/q;+2;2*-1. The van der Waals surface area contributed by atoms with Gasteiger partial charge in [-0.05, 0) is 18.3 Å². The summed E-state index contributed by atoms with van der Waals surface area (Å²) < 4.78 is 0. The zero-order valence-electron chi connectivity index (χ0n) is 9.43. The van der Waals surface area contributed by atoms with Gasteiger partial charge in [0.05, 0.1) is 0 Å². The number of rotatable bonds is 4. The minimum atomic E-state index is 0. The summed E-state index contributed by atoms with van der Waals surface area (Å²) in [5, 5.41) is 8.77. The number of hydrogen-bond acceptors (Lipinski definition) is 1. The summed E-state index contributed by atoms with van der Waals surface area (Å²) in [6.07, 6.45) is 2.27. The first-order valence-corrected chi connectivity index (χ1v) is 3.81. The molecule has 0 heterocycles. The van der Waals surface area contributed by atoms with Crippen LogP contribution in [0.25, 0.3) is 0 Å². The Kier molecular flexibility index (Phi) is 10.4. The SMILES string of the molecule is CCC(CO)CC(C)C.[H-].[H-].[Mg+2]. The molecule has 0 aliphatic rings. The van der Waals surface area contributed by atoms with Crippen LogP contribution in [-0.2, 0) is 0 Å². The molecule has 0 rings (SSSR count). The first-order chi connectivity index (χ1) is 4.20. The fraction of sp³-hybridized carbons (Fsp3) is 1.00. The van der Waals surface area contributed by atoms with Crippen molar-refractivity contribution in [1.29, 1.82) is 0 Å².